The molecule has 4 atom stereocenters. The molecule has 1 aliphatic heterocycles. The topological polar surface area (TPSA) is 134 Å². The lowest BCUT2D eigenvalue weighted by Crippen LogP contribution is -2.40. The van der Waals surface area contributed by atoms with Gasteiger partial charge in [0.2, 0.25) is 11.8 Å². The maximum atomic E-state index is 13.3. The molecule has 1 aliphatic carbocycles. The summed E-state index contributed by atoms with van der Waals surface area (Å²) in [7, 11) is 2.59. The van der Waals surface area contributed by atoms with Crippen molar-refractivity contribution in [3.8, 4) is 5.75 Å². The van der Waals surface area contributed by atoms with E-state index in [1.807, 2.05) is 66.7 Å². The monoisotopic (exact) mass is 585 g/mol. The molecule has 2 aliphatic rings. The molecule has 1 heterocycles. The summed E-state index contributed by atoms with van der Waals surface area (Å²) in [6.07, 6.45) is 0.758. The third kappa shape index (κ3) is 5.71. The first kappa shape index (κ1) is 30.2. The number of fused-ring (bicyclic) bond motifs is 2. The van der Waals surface area contributed by atoms with Crippen molar-refractivity contribution < 1.29 is 39.2 Å². The van der Waals surface area contributed by atoms with Crippen LogP contribution in [0.25, 0.3) is 22.4 Å². The van der Waals surface area contributed by atoms with Crippen molar-refractivity contribution in [2.45, 2.75) is 25.4 Å². The summed E-state index contributed by atoms with van der Waals surface area (Å²) >= 11 is 0. The molecule has 43 heavy (non-hydrogen) atoms. The molecule has 0 radical (unpaired) electrons. The fourth-order valence-corrected chi connectivity index (χ4v) is 6.56. The number of benzene rings is 3. The lowest BCUT2D eigenvalue weighted by atomic mass is 9.68. The first-order valence-corrected chi connectivity index (χ1v) is 14.2. The van der Waals surface area contributed by atoms with E-state index in [1.54, 1.807) is 6.07 Å². The van der Waals surface area contributed by atoms with Gasteiger partial charge in [-0.05, 0) is 58.6 Å². The number of aliphatic hydroxyl groups is 2. The van der Waals surface area contributed by atoms with Crippen LogP contribution in [0, 0.1) is 17.8 Å². The van der Waals surface area contributed by atoms with Crippen molar-refractivity contribution in [1.29, 1.82) is 0 Å². The third-order valence-electron chi connectivity index (χ3n) is 8.51. The fraction of sp³-hybridized carbons (Fsp3) is 0.324. The number of imide groups is 3. The predicted octanol–water partition coefficient (Wildman–Crippen LogP) is 4.55. The van der Waals surface area contributed by atoms with E-state index in [0.717, 1.165) is 34.6 Å². The average Bonchev–Trinajstić information content (AvgIpc) is 3.28. The van der Waals surface area contributed by atoms with Crippen LogP contribution in [0.15, 0.2) is 77.9 Å². The summed E-state index contributed by atoms with van der Waals surface area (Å²) in [5.41, 5.74) is 3.93. The van der Waals surface area contributed by atoms with Crippen molar-refractivity contribution in [3.05, 3.63) is 89.0 Å². The number of amides is 3. The van der Waals surface area contributed by atoms with E-state index >= 15 is 0 Å². The number of hydrogen-bond acceptors (Lipinski definition) is 8. The highest BCUT2D eigenvalue weighted by atomic mass is 16.5. The lowest BCUT2D eigenvalue weighted by molar-refractivity contribution is -0.137. The molecule has 224 valence electrons. The number of carbonyl (C=O) groups excluding carboxylic acids is 3. The number of phenols is 1. The molecule has 9 nitrogen and oxygen atoms in total. The van der Waals surface area contributed by atoms with Gasteiger partial charge in [-0.2, -0.15) is 4.90 Å². The highest BCUT2D eigenvalue weighted by Crippen LogP contribution is 2.46. The molecule has 9 heteroatoms. The largest absolute Gasteiger partial charge is 0.507 e. The molecule has 3 amide bonds. The molecule has 0 unspecified atom stereocenters. The van der Waals surface area contributed by atoms with Crippen molar-refractivity contribution in [2.24, 2.45) is 17.8 Å². The van der Waals surface area contributed by atoms with Gasteiger partial charge in [-0.1, -0.05) is 66.7 Å². The Hall–Kier alpha value is -4.31. The Morgan fingerprint density at radius 1 is 1.00 bits per heavy atom. The van der Waals surface area contributed by atoms with Gasteiger partial charge in [0.15, 0.2) is 0 Å². The number of carbonyl (C=O) groups is 3. The number of methoxy groups -OCH3 is 2. The Balaban J connectivity index is 1.49. The Kier molecular flexibility index (Phi) is 9.05. The highest BCUT2D eigenvalue weighted by Gasteiger charge is 2.57. The van der Waals surface area contributed by atoms with Gasteiger partial charge in [0.25, 0.3) is 0 Å². The Labute approximate surface area is 249 Å². The number of phenolic OH excluding ortho intramolecular Hbond substituents is 1. The van der Waals surface area contributed by atoms with E-state index in [4.69, 9.17) is 4.74 Å². The van der Waals surface area contributed by atoms with Crippen LogP contribution in [-0.2, 0) is 19.1 Å². The second-order valence-corrected chi connectivity index (χ2v) is 10.9. The van der Waals surface area contributed by atoms with E-state index < -0.39 is 48.4 Å². The zero-order chi connectivity index (χ0) is 30.7. The Morgan fingerprint density at radius 2 is 1.70 bits per heavy atom. The van der Waals surface area contributed by atoms with Gasteiger partial charge in [0, 0.05) is 18.4 Å². The molecule has 0 aromatic heterocycles. The van der Waals surface area contributed by atoms with Crippen LogP contribution < -0.4 is 0 Å². The van der Waals surface area contributed by atoms with Gasteiger partial charge >= 0.3 is 6.09 Å². The zero-order valence-corrected chi connectivity index (χ0v) is 24.1. The van der Waals surface area contributed by atoms with Gasteiger partial charge in [-0.3, -0.25) is 9.59 Å². The lowest BCUT2D eigenvalue weighted by Gasteiger charge is -2.36. The van der Waals surface area contributed by atoms with Gasteiger partial charge in [-0.25, -0.2) is 4.79 Å². The van der Waals surface area contributed by atoms with E-state index in [9.17, 15) is 29.7 Å². The quantitative estimate of drug-likeness (QED) is 0.189. The standard InChI is InChI=1S/C34H35NO8/c1-42-19-23-17-26-31(33(40)35(32(26)39)34(41)43-2)27(18-36)30(23)29(38)15-12-21(20-8-4-3-5-9-20)16-22-13-14-28(37)25-11-7-6-10-24(22)25/h3-11,13-14,16,26-27,29,31,36-38H,12,15,17-19H2,1-2H3/b21-16-/t26-,27+,29-,31-/m1/s1. The SMILES string of the molecule is COCC1=C([C@H](O)CC/C(=C/c2ccc(O)c3ccccc23)c2ccccc2)[C@H](CO)[C@@H]2C(=O)N(C(=O)OC)C(=O)[C@@H]2C1. The van der Waals surface area contributed by atoms with Gasteiger partial charge in [0.05, 0.1) is 38.3 Å². The maximum absolute atomic E-state index is 13.3. The molecule has 3 aromatic carbocycles. The minimum Gasteiger partial charge on any atom is -0.507 e. The Bertz CT molecular complexity index is 1590. The highest BCUT2D eigenvalue weighted by molar-refractivity contribution is 6.16. The first-order valence-electron chi connectivity index (χ1n) is 14.2. The molecular formula is C34H35NO8. The molecule has 3 N–H and O–H groups in total. The molecule has 0 saturated carbocycles. The van der Waals surface area contributed by atoms with Gasteiger partial charge in [0.1, 0.15) is 5.75 Å². The van der Waals surface area contributed by atoms with E-state index in [1.165, 1.54) is 7.11 Å². The van der Waals surface area contributed by atoms with Crippen molar-refractivity contribution in [2.75, 3.05) is 27.4 Å². The molecule has 5 rings (SSSR count). The number of nitrogens with zero attached hydrogens (tertiary/aromatic N) is 1. The van der Waals surface area contributed by atoms with Crippen LogP contribution in [0.1, 0.15) is 30.4 Å². The molecule has 3 aromatic rings. The number of rotatable bonds is 9. The first-order chi connectivity index (χ1) is 20.8. The minimum atomic E-state index is -1.06. The smallest absolute Gasteiger partial charge is 0.423 e. The zero-order valence-electron chi connectivity index (χ0n) is 24.1. The normalized spacial score (nSPS) is 21.3. The van der Waals surface area contributed by atoms with Crippen LogP contribution in [-0.4, -0.2) is 71.7 Å². The van der Waals surface area contributed by atoms with E-state index in [-0.39, 0.29) is 25.2 Å². The average molecular weight is 586 g/mol. The van der Waals surface area contributed by atoms with Crippen LogP contribution >= 0.6 is 0 Å². The molecule has 0 bridgehead atoms. The molecular weight excluding hydrogens is 550 g/mol. The van der Waals surface area contributed by atoms with Gasteiger partial charge < -0.3 is 24.8 Å². The van der Waals surface area contributed by atoms with Crippen LogP contribution in [0.4, 0.5) is 4.79 Å². The van der Waals surface area contributed by atoms with Crippen molar-refractivity contribution >= 4 is 40.3 Å². The summed E-state index contributed by atoms with van der Waals surface area (Å²) in [5, 5.41) is 34.1. The number of allylic oxidation sites excluding steroid dienone is 1. The van der Waals surface area contributed by atoms with Crippen molar-refractivity contribution in [1.82, 2.24) is 4.90 Å². The number of likely N-dealkylation sites (tertiary alicyclic amines) is 1. The van der Waals surface area contributed by atoms with Crippen LogP contribution in [0.2, 0.25) is 0 Å². The second-order valence-electron chi connectivity index (χ2n) is 10.9. The molecule has 1 fully saturated rings. The number of ether oxygens (including phenoxy) is 2. The third-order valence-corrected chi connectivity index (χ3v) is 8.51. The summed E-state index contributed by atoms with van der Waals surface area (Å²) in [6.45, 7) is -0.387. The summed E-state index contributed by atoms with van der Waals surface area (Å²) in [5.74, 6) is -3.92. The van der Waals surface area contributed by atoms with Gasteiger partial charge in [-0.15, -0.1) is 0 Å². The summed E-state index contributed by atoms with van der Waals surface area (Å²) in [6, 6.07) is 20.9. The number of hydrogen-bond donors (Lipinski definition) is 3. The second kappa shape index (κ2) is 12.9. The van der Waals surface area contributed by atoms with Crippen LogP contribution in [0.3, 0.4) is 0 Å². The number of aromatic hydroxyl groups is 1. The minimum absolute atomic E-state index is 0.104. The fourth-order valence-electron chi connectivity index (χ4n) is 6.56. The summed E-state index contributed by atoms with van der Waals surface area (Å²) in [4.78, 5) is 39.1. The maximum Gasteiger partial charge on any atom is 0.423 e. The molecule has 0 spiro atoms. The van der Waals surface area contributed by atoms with E-state index in [2.05, 4.69) is 4.74 Å². The van der Waals surface area contributed by atoms with Crippen molar-refractivity contribution in [3.63, 3.8) is 0 Å². The van der Waals surface area contributed by atoms with E-state index in [0.29, 0.717) is 22.5 Å². The van der Waals surface area contributed by atoms with Crippen LogP contribution in [0.5, 0.6) is 5.75 Å². The summed E-state index contributed by atoms with van der Waals surface area (Å²) < 4.78 is 10.1. The predicted molar refractivity (Wildman–Crippen MR) is 160 cm³/mol. The molecule has 1 saturated heterocycles. The Morgan fingerprint density at radius 3 is 2.37 bits per heavy atom. The number of aliphatic hydroxyl groups excluding tert-OH is 2.